The second-order valence-corrected chi connectivity index (χ2v) is 6.87. The topological polar surface area (TPSA) is 30.5 Å². The molecule has 130 valence electrons. The highest BCUT2D eigenvalue weighted by Crippen LogP contribution is 2.47. The highest BCUT2D eigenvalue weighted by atomic mass is 16.5. The van der Waals surface area contributed by atoms with Crippen LogP contribution in [0.1, 0.15) is 28.5 Å². The number of rotatable bonds is 2. The summed E-state index contributed by atoms with van der Waals surface area (Å²) in [6.45, 7) is 2.26. The zero-order valence-electron chi connectivity index (χ0n) is 14.5. The van der Waals surface area contributed by atoms with E-state index in [0.29, 0.717) is 6.61 Å². The molecule has 3 nitrogen and oxygen atoms in total. The van der Waals surface area contributed by atoms with Gasteiger partial charge in [-0.2, -0.15) is 0 Å². The van der Waals surface area contributed by atoms with Crippen LogP contribution in [0, 0.1) is 0 Å². The van der Waals surface area contributed by atoms with Crippen LogP contribution in [-0.4, -0.2) is 19.8 Å². The zero-order chi connectivity index (χ0) is 17.3. The number of anilines is 1. The third-order valence-corrected chi connectivity index (χ3v) is 5.34. The number of ether oxygens (including phenoxy) is 2. The Morgan fingerprint density at radius 1 is 0.769 bits per heavy atom. The molecule has 2 aliphatic rings. The minimum Gasteiger partial charge on any atom is -0.493 e. The Bertz CT molecular complexity index is 923. The Balaban J connectivity index is 1.64. The summed E-state index contributed by atoms with van der Waals surface area (Å²) in [5.74, 6) is 2.48. The van der Waals surface area contributed by atoms with E-state index in [1.54, 1.807) is 0 Å². The molecule has 2 heterocycles. The number of hydrogen-bond donors (Lipinski definition) is 1. The minimum atomic E-state index is 0.261. The summed E-state index contributed by atoms with van der Waals surface area (Å²) in [6, 6.07) is 25.6. The van der Waals surface area contributed by atoms with E-state index in [-0.39, 0.29) is 11.8 Å². The van der Waals surface area contributed by atoms with Crippen molar-refractivity contribution in [3.05, 3.63) is 89.5 Å². The van der Waals surface area contributed by atoms with E-state index in [4.69, 9.17) is 9.47 Å². The van der Waals surface area contributed by atoms with Gasteiger partial charge in [-0.05, 0) is 29.3 Å². The van der Waals surface area contributed by atoms with E-state index in [9.17, 15) is 0 Å². The second-order valence-electron chi connectivity index (χ2n) is 6.87. The summed E-state index contributed by atoms with van der Waals surface area (Å²) >= 11 is 0. The van der Waals surface area contributed by atoms with Crippen LogP contribution in [0.15, 0.2) is 72.8 Å². The maximum Gasteiger partial charge on any atom is 0.142 e. The van der Waals surface area contributed by atoms with Crippen molar-refractivity contribution in [2.75, 3.05) is 25.1 Å². The van der Waals surface area contributed by atoms with E-state index in [2.05, 4.69) is 72.0 Å². The molecule has 0 spiro atoms. The summed E-state index contributed by atoms with van der Waals surface area (Å²) in [6.07, 6.45) is 0. The predicted molar refractivity (Wildman–Crippen MR) is 103 cm³/mol. The average Bonchev–Trinajstić information content (AvgIpc) is 2.73. The number of hydrogen-bond acceptors (Lipinski definition) is 3. The first-order valence-corrected chi connectivity index (χ1v) is 9.17. The van der Waals surface area contributed by atoms with Crippen LogP contribution in [-0.2, 0) is 0 Å². The first kappa shape index (κ1) is 15.3. The smallest absolute Gasteiger partial charge is 0.142 e. The number of fused-ring (bicyclic) bond motifs is 2. The maximum atomic E-state index is 6.11. The molecule has 0 saturated carbocycles. The first-order chi connectivity index (χ1) is 12.9. The van der Waals surface area contributed by atoms with E-state index in [0.717, 1.165) is 30.3 Å². The monoisotopic (exact) mass is 343 g/mol. The van der Waals surface area contributed by atoms with Gasteiger partial charge in [-0.3, -0.25) is 0 Å². The summed E-state index contributed by atoms with van der Waals surface area (Å²) in [5, 5.41) is 3.46. The molecule has 0 unspecified atom stereocenters. The Morgan fingerprint density at radius 2 is 1.62 bits per heavy atom. The summed E-state index contributed by atoms with van der Waals surface area (Å²) in [4.78, 5) is 0. The fourth-order valence-corrected chi connectivity index (χ4v) is 4.11. The van der Waals surface area contributed by atoms with Crippen molar-refractivity contribution in [3.8, 4) is 11.5 Å². The van der Waals surface area contributed by atoms with Gasteiger partial charge < -0.3 is 14.8 Å². The van der Waals surface area contributed by atoms with Gasteiger partial charge in [-0.25, -0.2) is 0 Å². The summed E-state index contributed by atoms with van der Waals surface area (Å²) < 4.78 is 11.9. The zero-order valence-corrected chi connectivity index (χ0v) is 14.5. The van der Waals surface area contributed by atoms with E-state index in [1.165, 1.54) is 16.7 Å². The van der Waals surface area contributed by atoms with Crippen LogP contribution in [0.5, 0.6) is 11.5 Å². The Hall–Kier alpha value is -2.94. The molecule has 0 saturated heterocycles. The lowest BCUT2D eigenvalue weighted by atomic mass is 9.76. The molecule has 0 aliphatic carbocycles. The number of para-hydroxylation sites is 1. The van der Waals surface area contributed by atoms with E-state index < -0.39 is 0 Å². The summed E-state index contributed by atoms with van der Waals surface area (Å²) in [5.41, 5.74) is 4.95. The molecule has 0 amide bonds. The van der Waals surface area contributed by atoms with Gasteiger partial charge in [0.2, 0.25) is 0 Å². The van der Waals surface area contributed by atoms with Gasteiger partial charge >= 0.3 is 0 Å². The number of nitrogens with one attached hydrogen (secondary N) is 1. The predicted octanol–water partition coefficient (Wildman–Crippen LogP) is 4.80. The van der Waals surface area contributed by atoms with Gasteiger partial charge in [0.05, 0.1) is 12.3 Å². The molecule has 5 rings (SSSR count). The largest absolute Gasteiger partial charge is 0.493 e. The quantitative estimate of drug-likeness (QED) is 0.725. The molecule has 0 radical (unpaired) electrons. The SMILES string of the molecule is c1ccc([C@@H]2COc3ccccc3[C@@H]2c2ccc3c(c2)NCCO3)cc1. The Kier molecular flexibility index (Phi) is 3.78. The third kappa shape index (κ3) is 2.60. The molecular formula is C23H21NO2. The van der Waals surface area contributed by atoms with Crippen LogP contribution in [0.2, 0.25) is 0 Å². The van der Waals surface area contributed by atoms with Crippen molar-refractivity contribution in [2.45, 2.75) is 11.8 Å². The van der Waals surface area contributed by atoms with Crippen molar-refractivity contribution in [3.63, 3.8) is 0 Å². The standard InChI is InChI=1S/C23H21NO2/c1-2-6-16(7-3-1)19-15-26-21-9-5-4-8-18(21)23(19)17-10-11-22-20(14-17)24-12-13-25-22/h1-11,14,19,23-24H,12-13,15H2/t19-,23-/m0/s1. The van der Waals surface area contributed by atoms with Gasteiger partial charge in [0, 0.05) is 23.9 Å². The molecule has 1 N–H and O–H groups in total. The molecular weight excluding hydrogens is 322 g/mol. The average molecular weight is 343 g/mol. The highest BCUT2D eigenvalue weighted by molar-refractivity contribution is 5.61. The lowest BCUT2D eigenvalue weighted by Crippen LogP contribution is -2.25. The van der Waals surface area contributed by atoms with E-state index >= 15 is 0 Å². The van der Waals surface area contributed by atoms with Crippen LogP contribution in [0.4, 0.5) is 5.69 Å². The molecule has 0 bridgehead atoms. The van der Waals surface area contributed by atoms with Crippen LogP contribution >= 0.6 is 0 Å². The minimum absolute atomic E-state index is 0.261. The van der Waals surface area contributed by atoms with E-state index in [1.807, 2.05) is 6.07 Å². The van der Waals surface area contributed by atoms with Crippen molar-refractivity contribution in [1.82, 2.24) is 0 Å². The van der Waals surface area contributed by atoms with Gasteiger partial charge in [0.15, 0.2) is 0 Å². The van der Waals surface area contributed by atoms with Crippen LogP contribution in [0.3, 0.4) is 0 Å². The van der Waals surface area contributed by atoms with Gasteiger partial charge in [-0.1, -0.05) is 54.6 Å². The molecule has 3 aromatic carbocycles. The Morgan fingerprint density at radius 3 is 2.54 bits per heavy atom. The molecule has 3 heteroatoms. The van der Waals surface area contributed by atoms with Gasteiger partial charge in [0.1, 0.15) is 18.1 Å². The fourth-order valence-electron chi connectivity index (χ4n) is 4.11. The lowest BCUT2D eigenvalue weighted by Gasteiger charge is -2.35. The molecule has 0 fully saturated rings. The lowest BCUT2D eigenvalue weighted by molar-refractivity contribution is 0.249. The van der Waals surface area contributed by atoms with Crippen molar-refractivity contribution in [2.24, 2.45) is 0 Å². The first-order valence-electron chi connectivity index (χ1n) is 9.17. The maximum absolute atomic E-state index is 6.11. The molecule has 2 aliphatic heterocycles. The van der Waals surface area contributed by atoms with Gasteiger partial charge in [-0.15, -0.1) is 0 Å². The highest BCUT2D eigenvalue weighted by Gasteiger charge is 2.33. The fraction of sp³-hybridized carbons (Fsp3) is 0.217. The van der Waals surface area contributed by atoms with Crippen molar-refractivity contribution in [1.29, 1.82) is 0 Å². The molecule has 0 aromatic heterocycles. The third-order valence-electron chi connectivity index (χ3n) is 5.34. The van der Waals surface area contributed by atoms with Crippen molar-refractivity contribution >= 4 is 5.69 Å². The molecule has 2 atom stereocenters. The van der Waals surface area contributed by atoms with Crippen LogP contribution in [0.25, 0.3) is 0 Å². The normalized spacial score (nSPS) is 20.8. The van der Waals surface area contributed by atoms with Crippen LogP contribution < -0.4 is 14.8 Å². The summed E-state index contributed by atoms with van der Waals surface area (Å²) in [7, 11) is 0. The second kappa shape index (κ2) is 6.41. The van der Waals surface area contributed by atoms with Crippen molar-refractivity contribution < 1.29 is 9.47 Å². The molecule has 26 heavy (non-hydrogen) atoms. The molecule has 3 aromatic rings. The Labute approximate surface area is 153 Å². The van der Waals surface area contributed by atoms with Gasteiger partial charge in [0.25, 0.3) is 0 Å². The number of benzene rings is 3.